The van der Waals surface area contributed by atoms with E-state index in [9.17, 15) is 17.6 Å². The topological polar surface area (TPSA) is 60.9 Å². The molecule has 0 aromatic heterocycles. The van der Waals surface area contributed by atoms with Crippen molar-refractivity contribution in [2.75, 3.05) is 32.7 Å². The second kappa shape index (κ2) is 9.24. The smallest absolute Gasteiger partial charge is 0.243 e. The van der Waals surface area contributed by atoms with E-state index in [4.69, 9.17) is 11.6 Å². The number of benzene rings is 2. The van der Waals surface area contributed by atoms with Gasteiger partial charge in [0.1, 0.15) is 11.9 Å². The largest absolute Gasteiger partial charge is 0.339 e. The summed E-state index contributed by atoms with van der Waals surface area (Å²) in [4.78, 5) is 17.3. The summed E-state index contributed by atoms with van der Waals surface area (Å²) < 4.78 is 40.7. The third-order valence-corrected chi connectivity index (χ3v) is 8.21. The zero-order valence-electron chi connectivity index (χ0n) is 17.1. The first-order chi connectivity index (χ1) is 14.9. The van der Waals surface area contributed by atoms with Crippen LogP contribution in [0.25, 0.3) is 0 Å². The Kier molecular flexibility index (Phi) is 6.62. The lowest BCUT2D eigenvalue weighted by molar-refractivity contribution is -0.136. The summed E-state index contributed by atoms with van der Waals surface area (Å²) in [6.45, 7) is 3.28. The van der Waals surface area contributed by atoms with E-state index >= 15 is 0 Å². The minimum Gasteiger partial charge on any atom is -0.339 e. The molecular weight excluding hydrogens is 441 g/mol. The quantitative estimate of drug-likeness (QED) is 0.681. The number of nitrogens with zero attached hydrogens (tertiary/aromatic N) is 3. The molecule has 1 amide bonds. The molecule has 166 valence electrons. The number of hydrogen-bond donors (Lipinski definition) is 0. The van der Waals surface area contributed by atoms with Gasteiger partial charge in [0.25, 0.3) is 0 Å². The Morgan fingerprint density at radius 1 is 1.03 bits per heavy atom. The van der Waals surface area contributed by atoms with E-state index in [0.717, 1.165) is 5.56 Å². The van der Waals surface area contributed by atoms with Crippen LogP contribution in [0.2, 0.25) is 5.02 Å². The van der Waals surface area contributed by atoms with E-state index in [0.29, 0.717) is 57.1 Å². The average Bonchev–Trinajstić information content (AvgIpc) is 3.27. The molecule has 31 heavy (non-hydrogen) atoms. The normalized spacial score (nSPS) is 20.8. The third-order valence-electron chi connectivity index (χ3n) is 5.93. The molecule has 9 heteroatoms. The van der Waals surface area contributed by atoms with Gasteiger partial charge in [-0.2, -0.15) is 4.31 Å². The van der Waals surface area contributed by atoms with E-state index < -0.39 is 16.1 Å². The van der Waals surface area contributed by atoms with E-state index in [-0.39, 0.29) is 16.6 Å². The Balaban J connectivity index is 1.39. The molecule has 0 spiro atoms. The Morgan fingerprint density at radius 3 is 2.42 bits per heavy atom. The number of carbonyl (C=O) groups excluding carboxylic acids is 1. The van der Waals surface area contributed by atoms with Gasteiger partial charge in [-0.3, -0.25) is 9.69 Å². The number of sulfonamides is 1. The molecule has 2 aliphatic rings. The second-order valence-electron chi connectivity index (χ2n) is 7.92. The van der Waals surface area contributed by atoms with Crippen LogP contribution in [0.3, 0.4) is 0 Å². The lowest BCUT2D eigenvalue weighted by Gasteiger charge is -2.37. The van der Waals surface area contributed by atoms with Crippen LogP contribution in [0.4, 0.5) is 4.39 Å². The molecule has 0 N–H and O–H groups in total. The molecule has 0 bridgehead atoms. The molecule has 2 heterocycles. The van der Waals surface area contributed by atoms with Crippen molar-refractivity contribution in [2.24, 2.45) is 0 Å². The van der Waals surface area contributed by atoms with Gasteiger partial charge in [-0.1, -0.05) is 35.9 Å². The molecule has 2 aromatic carbocycles. The minimum absolute atomic E-state index is 0.128. The van der Waals surface area contributed by atoms with Crippen molar-refractivity contribution in [3.8, 4) is 0 Å². The van der Waals surface area contributed by atoms with Crippen molar-refractivity contribution >= 4 is 27.5 Å². The lowest BCUT2D eigenvalue weighted by Crippen LogP contribution is -2.54. The summed E-state index contributed by atoms with van der Waals surface area (Å²) in [7, 11) is -3.70. The first-order valence-corrected chi connectivity index (χ1v) is 12.2. The van der Waals surface area contributed by atoms with Gasteiger partial charge < -0.3 is 4.90 Å². The van der Waals surface area contributed by atoms with Crippen LogP contribution in [0.15, 0.2) is 53.4 Å². The van der Waals surface area contributed by atoms with Crippen molar-refractivity contribution < 1.29 is 17.6 Å². The molecule has 2 aliphatic heterocycles. The second-order valence-corrected chi connectivity index (χ2v) is 10.2. The van der Waals surface area contributed by atoms with Gasteiger partial charge in [0, 0.05) is 44.3 Å². The fourth-order valence-corrected chi connectivity index (χ4v) is 6.13. The molecular formula is C22H25ClFN3O3S. The third kappa shape index (κ3) is 4.77. The lowest BCUT2D eigenvalue weighted by atomic mass is 10.1. The molecule has 1 unspecified atom stereocenters. The zero-order valence-corrected chi connectivity index (χ0v) is 18.7. The highest BCUT2D eigenvalue weighted by molar-refractivity contribution is 7.89. The minimum atomic E-state index is -3.70. The van der Waals surface area contributed by atoms with Gasteiger partial charge >= 0.3 is 0 Å². The van der Waals surface area contributed by atoms with Crippen LogP contribution in [0.5, 0.6) is 0 Å². The molecule has 2 aromatic rings. The van der Waals surface area contributed by atoms with Crippen molar-refractivity contribution in [3.63, 3.8) is 0 Å². The molecule has 0 saturated carbocycles. The summed E-state index contributed by atoms with van der Waals surface area (Å²) in [5.74, 6) is -0.493. The molecule has 0 aliphatic carbocycles. The van der Waals surface area contributed by atoms with E-state index in [1.807, 2.05) is 0 Å². The van der Waals surface area contributed by atoms with Crippen LogP contribution in [-0.4, -0.2) is 67.2 Å². The molecule has 0 radical (unpaired) electrons. The van der Waals surface area contributed by atoms with Gasteiger partial charge in [-0.15, -0.1) is 0 Å². The number of rotatable bonds is 5. The Bertz CT molecular complexity index is 1040. The van der Waals surface area contributed by atoms with Crippen molar-refractivity contribution in [1.29, 1.82) is 0 Å². The van der Waals surface area contributed by atoms with Crippen molar-refractivity contribution in [2.45, 2.75) is 30.3 Å². The highest BCUT2D eigenvalue weighted by atomic mass is 35.5. The highest BCUT2D eigenvalue weighted by Crippen LogP contribution is 2.28. The van der Waals surface area contributed by atoms with Crippen LogP contribution < -0.4 is 0 Å². The predicted molar refractivity (Wildman–Crippen MR) is 117 cm³/mol. The standard InChI is InChI=1S/C22H25ClFN3O3S/c23-20-15-18(24)9-8-17(20)16-25-11-13-26(14-12-25)22(28)21-7-4-10-27(21)31(29,30)19-5-2-1-3-6-19/h1-3,5-6,8-9,15,21H,4,7,10-14,16H2. The predicted octanol–water partition coefficient (Wildman–Crippen LogP) is 2.98. The molecule has 2 fully saturated rings. The SMILES string of the molecule is O=C(C1CCCN1S(=O)(=O)c1ccccc1)N1CCN(Cc2ccc(F)cc2Cl)CC1. The van der Waals surface area contributed by atoms with E-state index in [1.165, 1.54) is 16.4 Å². The average molecular weight is 466 g/mol. The monoisotopic (exact) mass is 465 g/mol. The van der Waals surface area contributed by atoms with Crippen LogP contribution >= 0.6 is 11.6 Å². The van der Waals surface area contributed by atoms with Gasteiger partial charge in [0.05, 0.1) is 4.90 Å². The van der Waals surface area contributed by atoms with Crippen molar-refractivity contribution in [3.05, 3.63) is 64.9 Å². The molecule has 6 nitrogen and oxygen atoms in total. The maximum atomic E-state index is 13.2. The molecule has 2 saturated heterocycles. The number of halogens is 2. The Morgan fingerprint density at radius 2 is 1.74 bits per heavy atom. The van der Waals surface area contributed by atoms with Crippen LogP contribution in [0.1, 0.15) is 18.4 Å². The van der Waals surface area contributed by atoms with Crippen LogP contribution in [-0.2, 0) is 21.4 Å². The summed E-state index contributed by atoms with van der Waals surface area (Å²) >= 11 is 6.13. The number of carbonyl (C=O) groups is 1. The zero-order chi connectivity index (χ0) is 22.0. The van der Waals surface area contributed by atoms with E-state index in [1.54, 1.807) is 41.3 Å². The summed E-state index contributed by atoms with van der Waals surface area (Å²) in [5.41, 5.74) is 0.846. The van der Waals surface area contributed by atoms with Crippen molar-refractivity contribution in [1.82, 2.24) is 14.1 Å². The first-order valence-electron chi connectivity index (χ1n) is 10.4. The number of hydrogen-bond acceptors (Lipinski definition) is 4. The van der Waals surface area contributed by atoms with Crippen LogP contribution in [0, 0.1) is 5.82 Å². The highest BCUT2D eigenvalue weighted by Gasteiger charge is 2.41. The van der Waals surface area contributed by atoms with Gasteiger partial charge in [-0.05, 0) is 42.7 Å². The Hall–Kier alpha value is -2.00. The molecule has 1 atom stereocenters. The maximum Gasteiger partial charge on any atom is 0.243 e. The fourth-order valence-electron chi connectivity index (χ4n) is 4.23. The van der Waals surface area contributed by atoms with E-state index in [2.05, 4.69) is 4.90 Å². The number of amides is 1. The van der Waals surface area contributed by atoms with Gasteiger partial charge in [0.2, 0.25) is 15.9 Å². The number of piperazine rings is 1. The van der Waals surface area contributed by atoms with Gasteiger partial charge in [0.15, 0.2) is 0 Å². The maximum absolute atomic E-state index is 13.2. The Labute approximate surface area is 187 Å². The first kappa shape index (κ1) is 22.2. The fraction of sp³-hybridized carbons (Fsp3) is 0.409. The summed E-state index contributed by atoms with van der Waals surface area (Å²) in [5, 5.41) is 0.395. The summed E-state index contributed by atoms with van der Waals surface area (Å²) in [6.07, 6.45) is 1.21. The van der Waals surface area contributed by atoms with Gasteiger partial charge in [-0.25, -0.2) is 12.8 Å². The molecule has 4 rings (SSSR count). The summed E-state index contributed by atoms with van der Waals surface area (Å²) in [6, 6.07) is 12.0.